The number of benzene rings is 3. The Kier molecular flexibility index (Phi) is 7.17. The molecule has 0 aromatic heterocycles. The number of aromatic hydroxyl groups is 1. The average molecular weight is 617 g/mol. The molecule has 0 unspecified atom stereocenters. The number of imide groups is 2. The molecule has 36 heavy (non-hydrogen) atoms. The number of rotatable bonds is 6. The normalized spacial score (nSPS) is 14.7. The third-order valence-corrected chi connectivity index (χ3v) is 6.25. The van der Waals surface area contributed by atoms with Crippen LogP contribution < -0.4 is 15.0 Å². The molecule has 0 aliphatic carbocycles. The number of ether oxygens (including phenoxy) is 1. The summed E-state index contributed by atoms with van der Waals surface area (Å²) in [4.78, 5) is 48.9. The summed E-state index contributed by atoms with van der Waals surface area (Å²) < 4.78 is 6.87. The summed E-state index contributed by atoms with van der Waals surface area (Å²) >= 11 is 6.83. The lowest BCUT2D eigenvalue weighted by Crippen LogP contribution is -2.54. The lowest BCUT2D eigenvalue weighted by Gasteiger charge is -2.26. The van der Waals surface area contributed by atoms with Gasteiger partial charge in [0.15, 0.2) is 0 Å². The molecular weight excluding hydrogens is 602 g/mol. The van der Waals surface area contributed by atoms with Gasteiger partial charge in [-0.1, -0.05) is 0 Å². The standard InChI is InChI=1S/C24H15Br2N3O7/c25-19-10-14(11-20(26)21(19)36-12-13-1-3-16(4-2-13)29(34)35)9-18-22(31)27-24(33)28(23(18)32)15-5-7-17(30)8-6-15/h1-11,30H,12H2,(H,27,31,33)/b18-9+. The highest BCUT2D eigenvalue weighted by Crippen LogP contribution is 2.36. The van der Waals surface area contributed by atoms with Crippen molar-refractivity contribution in [2.45, 2.75) is 6.61 Å². The van der Waals surface area contributed by atoms with E-state index in [-0.39, 0.29) is 29.3 Å². The van der Waals surface area contributed by atoms with Crippen molar-refractivity contribution < 1.29 is 29.2 Å². The monoisotopic (exact) mass is 615 g/mol. The predicted molar refractivity (Wildman–Crippen MR) is 136 cm³/mol. The number of urea groups is 1. The van der Waals surface area contributed by atoms with Gasteiger partial charge in [-0.25, -0.2) is 9.69 Å². The van der Waals surface area contributed by atoms with E-state index in [1.807, 2.05) is 0 Å². The lowest BCUT2D eigenvalue weighted by molar-refractivity contribution is -0.384. The molecule has 0 spiro atoms. The van der Waals surface area contributed by atoms with E-state index in [4.69, 9.17) is 4.74 Å². The summed E-state index contributed by atoms with van der Waals surface area (Å²) in [6.45, 7) is 0.139. The Labute approximate surface area is 220 Å². The van der Waals surface area contributed by atoms with Crippen molar-refractivity contribution in [3.63, 3.8) is 0 Å². The van der Waals surface area contributed by atoms with Gasteiger partial charge < -0.3 is 9.84 Å². The lowest BCUT2D eigenvalue weighted by atomic mass is 10.1. The fourth-order valence-electron chi connectivity index (χ4n) is 3.33. The maximum Gasteiger partial charge on any atom is 0.335 e. The number of amides is 4. The average Bonchev–Trinajstić information content (AvgIpc) is 2.82. The molecular formula is C24H15Br2N3O7. The molecule has 10 nitrogen and oxygen atoms in total. The number of nitro groups is 1. The van der Waals surface area contributed by atoms with E-state index in [2.05, 4.69) is 37.2 Å². The van der Waals surface area contributed by atoms with Gasteiger partial charge in [0.2, 0.25) is 0 Å². The number of anilines is 1. The Hall–Kier alpha value is -4.03. The van der Waals surface area contributed by atoms with E-state index in [0.29, 0.717) is 25.8 Å². The first-order valence-electron chi connectivity index (χ1n) is 10.2. The summed E-state index contributed by atoms with van der Waals surface area (Å²) in [6, 6.07) is 13.7. The van der Waals surface area contributed by atoms with Crippen LogP contribution in [0.1, 0.15) is 11.1 Å². The van der Waals surface area contributed by atoms with Gasteiger partial charge in [0.25, 0.3) is 17.5 Å². The molecule has 0 atom stereocenters. The molecule has 2 N–H and O–H groups in total. The molecule has 1 aliphatic rings. The number of nitrogens with zero attached hydrogens (tertiary/aromatic N) is 2. The number of barbiturate groups is 1. The van der Waals surface area contributed by atoms with E-state index < -0.39 is 22.8 Å². The smallest absolute Gasteiger partial charge is 0.335 e. The van der Waals surface area contributed by atoms with Crippen LogP contribution >= 0.6 is 31.9 Å². The van der Waals surface area contributed by atoms with Crippen molar-refractivity contribution in [2.24, 2.45) is 0 Å². The number of halogens is 2. The number of carbonyl (C=O) groups excluding carboxylic acids is 3. The number of carbonyl (C=O) groups is 3. The van der Waals surface area contributed by atoms with E-state index in [1.54, 1.807) is 24.3 Å². The summed E-state index contributed by atoms with van der Waals surface area (Å²) in [5, 5.41) is 22.4. The molecule has 0 saturated carbocycles. The number of hydrogen-bond donors (Lipinski definition) is 2. The molecule has 0 bridgehead atoms. The minimum atomic E-state index is -0.898. The highest BCUT2D eigenvalue weighted by atomic mass is 79.9. The number of phenolic OH excluding ortho intramolecular Hbond substituents is 1. The van der Waals surface area contributed by atoms with Gasteiger partial charge in [-0.2, -0.15) is 0 Å². The Bertz CT molecular complexity index is 1400. The van der Waals surface area contributed by atoms with Gasteiger partial charge in [0, 0.05) is 12.1 Å². The fraction of sp³-hybridized carbons (Fsp3) is 0.0417. The van der Waals surface area contributed by atoms with Gasteiger partial charge in [0.1, 0.15) is 23.7 Å². The van der Waals surface area contributed by atoms with Crippen LogP contribution in [-0.4, -0.2) is 27.9 Å². The molecule has 1 heterocycles. The van der Waals surface area contributed by atoms with Crippen LogP contribution in [0.3, 0.4) is 0 Å². The quantitative estimate of drug-likeness (QED) is 0.171. The van der Waals surface area contributed by atoms with E-state index >= 15 is 0 Å². The summed E-state index contributed by atoms with van der Waals surface area (Å²) in [5.41, 5.74) is 1.08. The maximum absolute atomic E-state index is 13.0. The number of phenols is 1. The van der Waals surface area contributed by atoms with Crippen molar-refractivity contribution in [3.05, 3.63) is 96.4 Å². The minimum Gasteiger partial charge on any atom is -0.508 e. The first kappa shape index (κ1) is 25.1. The molecule has 182 valence electrons. The highest BCUT2D eigenvalue weighted by molar-refractivity contribution is 9.11. The largest absolute Gasteiger partial charge is 0.508 e. The summed E-state index contributed by atoms with van der Waals surface area (Å²) in [5.74, 6) is -1.26. The van der Waals surface area contributed by atoms with Gasteiger partial charge >= 0.3 is 6.03 Å². The van der Waals surface area contributed by atoms with E-state index in [1.165, 1.54) is 42.5 Å². The SMILES string of the molecule is O=C1NC(=O)N(c2ccc(O)cc2)C(=O)/C1=C/c1cc(Br)c(OCc2ccc([N+](=O)[O-])cc2)c(Br)c1. The zero-order chi connectivity index (χ0) is 26.0. The van der Waals surface area contributed by atoms with Crippen molar-refractivity contribution in [1.82, 2.24) is 5.32 Å². The van der Waals surface area contributed by atoms with Crippen LogP contribution in [0, 0.1) is 10.1 Å². The first-order chi connectivity index (χ1) is 17.1. The van der Waals surface area contributed by atoms with Crippen molar-refractivity contribution >= 4 is 67.2 Å². The van der Waals surface area contributed by atoms with E-state index in [9.17, 15) is 29.6 Å². The van der Waals surface area contributed by atoms with Gasteiger partial charge in [-0.3, -0.25) is 25.0 Å². The van der Waals surface area contributed by atoms with Crippen molar-refractivity contribution in [1.29, 1.82) is 0 Å². The molecule has 3 aromatic rings. The molecule has 3 aromatic carbocycles. The Morgan fingerprint density at radius 2 is 1.61 bits per heavy atom. The number of nitrogens with one attached hydrogen (secondary N) is 1. The Morgan fingerprint density at radius 3 is 2.19 bits per heavy atom. The molecule has 1 aliphatic heterocycles. The minimum absolute atomic E-state index is 0.0227. The molecule has 4 rings (SSSR count). The number of non-ortho nitro benzene ring substituents is 1. The Balaban J connectivity index is 1.57. The summed E-state index contributed by atoms with van der Waals surface area (Å²) in [6.07, 6.45) is 1.34. The zero-order valence-electron chi connectivity index (χ0n) is 18.1. The van der Waals surface area contributed by atoms with Crippen LogP contribution in [0.4, 0.5) is 16.2 Å². The molecule has 0 radical (unpaired) electrons. The van der Waals surface area contributed by atoms with Crippen LogP contribution in [0.5, 0.6) is 11.5 Å². The van der Waals surface area contributed by atoms with E-state index in [0.717, 1.165) is 4.90 Å². The first-order valence-corrected chi connectivity index (χ1v) is 11.8. The number of hydrogen-bond acceptors (Lipinski definition) is 7. The second-order valence-electron chi connectivity index (χ2n) is 7.50. The maximum atomic E-state index is 13.0. The van der Waals surface area contributed by atoms with Crippen LogP contribution in [0.15, 0.2) is 75.2 Å². The second-order valence-corrected chi connectivity index (χ2v) is 9.21. The predicted octanol–water partition coefficient (Wildman–Crippen LogP) is 5.07. The third-order valence-electron chi connectivity index (χ3n) is 5.07. The topological polar surface area (TPSA) is 139 Å². The van der Waals surface area contributed by atoms with Crippen LogP contribution in [0.25, 0.3) is 6.08 Å². The molecule has 12 heteroatoms. The Morgan fingerprint density at radius 1 is 1.00 bits per heavy atom. The van der Waals surface area contributed by atoms with Gasteiger partial charge in [0.05, 0.1) is 19.6 Å². The van der Waals surface area contributed by atoms with Crippen LogP contribution in [0.2, 0.25) is 0 Å². The molecule has 1 saturated heterocycles. The zero-order valence-corrected chi connectivity index (χ0v) is 21.3. The highest BCUT2D eigenvalue weighted by Gasteiger charge is 2.36. The molecule has 4 amide bonds. The third kappa shape index (κ3) is 5.29. The van der Waals surface area contributed by atoms with Gasteiger partial charge in [-0.15, -0.1) is 0 Å². The van der Waals surface area contributed by atoms with Crippen LogP contribution in [-0.2, 0) is 16.2 Å². The number of nitro benzene ring substituents is 1. The second kappa shape index (κ2) is 10.3. The van der Waals surface area contributed by atoms with Crippen molar-refractivity contribution in [2.75, 3.05) is 4.90 Å². The van der Waals surface area contributed by atoms with Crippen molar-refractivity contribution in [3.8, 4) is 11.5 Å². The summed E-state index contributed by atoms with van der Waals surface area (Å²) in [7, 11) is 0. The van der Waals surface area contributed by atoms with Gasteiger partial charge in [-0.05, 0) is 97.6 Å². The fourth-order valence-corrected chi connectivity index (χ4v) is 4.78. The molecule has 1 fully saturated rings.